The number of aryl methyl sites for hydroxylation is 2. The minimum Gasteiger partial charge on any atom is -0.506 e. The van der Waals surface area contributed by atoms with Crippen LogP contribution < -0.4 is 0 Å². The van der Waals surface area contributed by atoms with Crippen LogP contribution in [-0.4, -0.2) is 11.3 Å². The summed E-state index contributed by atoms with van der Waals surface area (Å²) in [6.45, 7) is 4.10. The van der Waals surface area contributed by atoms with Crippen molar-refractivity contribution in [3.8, 4) is 5.75 Å². The maximum atomic E-state index is 10.0. The van der Waals surface area contributed by atoms with E-state index >= 15 is 0 Å². The number of phenols is 1. The van der Waals surface area contributed by atoms with E-state index in [2.05, 4.69) is 63.2 Å². The van der Waals surface area contributed by atoms with Crippen LogP contribution in [0.2, 0.25) is 0 Å². The van der Waals surface area contributed by atoms with Crippen molar-refractivity contribution in [1.82, 2.24) is 0 Å². The number of hydrogen-bond acceptors (Lipinski definition) is 2. The first-order valence-electron chi connectivity index (χ1n) is 5.76. The van der Waals surface area contributed by atoms with Crippen LogP contribution in [0, 0.1) is 21.0 Å². The molecule has 0 atom stereocenters. The predicted octanol–water partition coefficient (Wildman–Crippen LogP) is 4.97. The zero-order valence-corrected chi connectivity index (χ0v) is 14.9. The number of halogens is 2. The number of benzene rings is 2. The first-order chi connectivity index (χ1) is 8.97. The SMILES string of the molecule is Cc1ccc(N=Cc2cc(I)cc(I)c2O)c(C)c1. The molecule has 4 heteroatoms. The topological polar surface area (TPSA) is 32.6 Å². The van der Waals surface area contributed by atoms with Gasteiger partial charge in [-0.05, 0) is 82.8 Å². The van der Waals surface area contributed by atoms with Gasteiger partial charge in [-0.3, -0.25) is 4.99 Å². The Bertz CT molecular complexity index is 651. The normalized spacial score (nSPS) is 11.2. The molecule has 19 heavy (non-hydrogen) atoms. The molecule has 2 rings (SSSR count). The Kier molecular flexibility index (Phi) is 4.83. The molecule has 2 nitrogen and oxygen atoms in total. The highest BCUT2D eigenvalue weighted by atomic mass is 127. The molecule has 0 unspecified atom stereocenters. The monoisotopic (exact) mass is 477 g/mol. The molecule has 0 aliphatic carbocycles. The van der Waals surface area contributed by atoms with E-state index in [0.717, 1.165) is 24.0 Å². The van der Waals surface area contributed by atoms with Crippen molar-refractivity contribution in [1.29, 1.82) is 0 Å². The first kappa shape index (κ1) is 14.8. The van der Waals surface area contributed by atoms with E-state index in [1.807, 2.05) is 31.2 Å². The summed E-state index contributed by atoms with van der Waals surface area (Å²) in [4.78, 5) is 4.47. The van der Waals surface area contributed by atoms with Crippen molar-refractivity contribution in [3.63, 3.8) is 0 Å². The van der Waals surface area contributed by atoms with Crippen molar-refractivity contribution in [2.75, 3.05) is 0 Å². The minimum absolute atomic E-state index is 0.287. The number of aliphatic imine (C=N–C) groups is 1. The van der Waals surface area contributed by atoms with Gasteiger partial charge in [-0.1, -0.05) is 17.7 Å². The molecule has 0 bridgehead atoms. The molecule has 0 aromatic heterocycles. The Labute approximate surface area is 140 Å². The van der Waals surface area contributed by atoms with E-state index in [9.17, 15) is 5.11 Å². The van der Waals surface area contributed by atoms with Crippen LogP contribution in [0.15, 0.2) is 35.3 Å². The highest BCUT2D eigenvalue weighted by molar-refractivity contribution is 14.1. The molecule has 0 saturated heterocycles. The molecular weight excluding hydrogens is 464 g/mol. The lowest BCUT2D eigenvalue weighted by Crippen LogP contribution is -1.88. The number of phenolic OH excluding ortho intramolecular Hbond substituents is 1. The van der Waals surface area contributed by atoms with Crippen LogP contribution in [0.5, 0.6) is 5.75 Å². The second-order valence-electron chi connectivity index (χ2n) is 4.37. The molecule has 2 aromatic carbocycles. The number of aromatic hydroxyl groups is 1. The molecule has 0 fully saturated rings. The maximum absolute atomic E-state index is 10.0. The summed E-state index contributed by atoms with van der Waals surface area (Å²) in [7, 11) is 0. The number of rotatable bonds is 2. The third-order valence-electron chi connectivity index (χ3n) is 2.75. The van der Waals surface area contributed by atoms with Crippen molar-refractivity contribution in [2.24, 2.45) is 4.99 Å². The van der Waals surface area contributed by atoms with Crippen LogP contribution in [-0.2, 0) is 0 Å². The summed E-state index contributed by atoms with van der Waals surface area (Å²) in [6.07, 6.45) is 1.72. The summed E-state index contributed by atoms with van der Waals surface area (Å²) in [5, 5.41) is 10.0. The van der Waals surface area contributed by atoms with E-state index in [4.69, 9.17) is 0 Å². The standard InChI is InChI=1S/C15H13I2NO/c1-9-3-4-14(10(2)5-9)18-8-11-6-12(16)7-13(17)15(11)19/h3-8,19H,1-2H3. The zero-order valence-electron chi connectivity index (χ0n) is 10.6. The van der Waals surface area contributed by atoms with E-state index in [1.165, 1.54) is 5.56 Å². The van der Waals surface area contributed by atoms with Gasteiger partial charge in [0.2, 0.25) is 0 Å². The van der Waals surface area contributed by atoms with Crippen LogP contribution in [0.3, 0.4) is 0 Å². The fourth-order valence-corrected chi connectivity index (χ4v) is 3.66. The molecule has 98 valence electrons. The molecule has 0 heterocycles. The van der Waals surface area contributed by atoms with Gasteiger partial charge in [0.25, 0.3) is 0 Å². The highest BCUT2D eigenvalue weighted by Crippen LogP contribution is 2.27. The Morgan fingerprint density at radius 1 is 1.11 bits per heavy atom. The van der Waals surface area contributed by atoms with Gasteiger partial charge in [-0.25, -0.2) is 0 Å². The lowest BCUT2D eigenvalue weighted by molar-refractivity contribution is 0.470. The van der Waals surface area contributed by atoms with E-state index in [-0.39, 0.29) is 5.75 Å². The minimum atomic E-state index is 0.287. The van der Waals surface area contributed by atoms with E-state index in [0.29, 0.717) is 0 Å². The number of nitrogens with zero attached hydrogens (tertiary/aromatic N) is 1. The van der Waals surface area contributed by atoms with Crippen LogP contribution in [0.1, 0.15) is 16.7 Å². The average molecular weight is 477 g/mol. The Morgan fingerprint density at radius 2 is 1.84 bits per heavy atom. The highest BCUT2D eigenvalue weighted by Gasteiger charge is 2.05. The van der Waals surface area contributed by atoms with Crippen molar-refractivity contribution >= 4 is 57.1 Å². The second kappa shape index (κ2) is 6.21. The van der Waals surface area contributed by atoms with Gasteiger partial charge in [0.05, 0.1) is 9.26 Å². The number of hydrogen-bond donors (Lipinski definition) is 1. The molecule has 1 N–H and O–H groups in total. The molecule has 0 radical (unpaired) electrons. The summed E-state index contributed by atoms with van der Waals surface area (Å²) in [6, 6.07) is 10.00. The van der Waals surface area contributed by atoms with Gasteiger partial charge in [-0.15, -0.1) is 0 Å². The molecule has 0 amide bonds. The third-order valence-corrected chi connectivity index (χ3v) is 4.20. The zero-order chi connectivity index (χ0) is 14.0. The quantitative estimate of drug-likeness (QED) is 0.481. The smallest absolute Gasteiger partial charge is 0.137 e. The molecule has 0 saturated carbocycles. The maximum Gasteiger partial charge on any atom is 0.137 e. The van der Waals surface area contributed by atoms with Gasteiger partial charge < -0.3 is 5.11 Å². The van der Waals surface area contributed by atoms with E-state index in [1.54, 1.807) is 6.21 Å². The molecule has 0 spiro atoms. The summed E-state index contributed by atoms with van der Waals surface area (Å²) < 4.78 is 1.92. The van der Waals surface area contributed by atoms with Crippen LogP contribution >= 0.6 is 45.2 Å². The van der Waals surface area contributed by atoms with Gasteiger partial charge in [0.15, 0.2) is 0 Å². The third kappa shape index (κ3) is 3.68. The van der Waals surface area contributed by atoms with Crippen molar-refractivity contribution in [2.45, 2.75) is 13.8 Å². The average Bonchev–Trinajstić information content (AvgIpc) is 2.33. The Hall–Kier alpha value is -0.630. The van der Waals surface area contributed by atoms with Gasteiger partial charge in [-0.2, -0.15) is 0 Å². The summed E-state index contributed by atoms with van der Waals surface area (Å²) >= 11 is 4.36. The summed E-state index contributed by atoms with van der Waals surface area (Å²) in [5.74, 6) is 0.287. The lowest BCUT2D eigenvalue weighted by Gasteiger charge is -2.04. The molecule has 2 aromatic rings. The summed E-state index contributed by atoms with van der Waals surface area (Å²) in [5.41, 5.74) is 4.04. The van der Waals surface area contributed by atoms with E-state index < -0.39 is 0 Å². The Morgan fingerprint density at radius 3 is 2.53 bits per heavy atom. The van der Waals surface area contributed by atoms with Gasteiger partial charge >= 0.3 is 0 Å². The first-order valence-corrected chi connectivity index (χ1v) is 7.92. The van der Waals surface area contributed by atoms with Gasteiger partial charge in [0.1, 0.15) is 5.75 Å². The van der Waals surface area contributed by atoms with Crippen LogP contribution in [0.4, 0.5) is 5.69 Å². The Balaban J connectivity index is 2.38. The van der Waals surface area contributed by atoms with Crippen molar-refractivity contribution < 1.29 is 5.11 Å². The molecule has 0 aliphatic rings. The molecule has 0 aliphatic heterocycles. The fourth-order valence-electron chi connectivity index (χ4n) is 1.77. The van der Waals surface area contributed by atoms with Crippen LogP contribution in [0.25, 0.3) is 0 Å². The fraction of sp³-hybridized carbons (Fsp3) is 0.133. The second-order valence-corrected chi connectivity index (χ2v) is 6.78. The largest absolute Gasteiger partial charge is 0.506 e. The molecular formula is C15H13I2NO. The lowest BCUT2D eigenvalue weighted by atomic mass is 10.1. The predicted molar refractivity (Wildman–Crippen MR) is 96.7 cm³/mol. The van der Waals surface area contributed by atoms with Crippen molar-refractivity contribution in [3.05, 3.63) is 54.2 Å². The van der Waals surface area contributed by atoms with Gasteiger partial charge in [0, 0.05) is 15.3 Å².